The van der Waals surface area contributed by atoms with Gasteiger partial charge in [-0.25, -0.2) is 4.39 Å². The Hall–Kier alpha value is -1.38. The van der Waals surface area contributed by atoms with E-state index in [1.165, 1.54) is 25.0 Å². The van der Waals surface area contributed by atoms with Crippen LogP contribution < -0.4 is 16.0 Å². The molecule has 1 aromatic carbocycles. The molecule has 1 fully saturated rings. The highest BCUT2D eigenvalue weighted by Gasteiger charge is 2.20. The van der Waals surface area contributed by atoms with E-state index >= 15 is 0 Å². The third kappa shape index (κ3) is 8.15. The second-order valence-electron chi connectivity index (χ2n) is 5.48. The minimum Gasteiger partial charge on any atom is -0.356 e. The van der Waals surface area contributed by atoms with E-state index in [9.17, 15) is 9.18 Å². The first-order valence-corrected chi connectivity index (χ1v) is 7.63. The molecule has 1 aromatic rings. The van der Waals surface area contributed by atoms with Crippen LogP contribution >= 0.6 is 24.0 Å². The van der Waals surface area contributed by atoms with Crippen molar-refractivity contribution in [2.75, 3.05) is 26.7 Å². The van der Waals surface area contributed by atoms with Crippen molar-refractivity contribution in [3.8, 4) is 0 Å². The van der Waals surface area contributed by atoms with Crippen LogP contribution in [-0.2, 0) is 11.2 Å². The summed E-state index contributed by atoms with van der Waals surface area (Å²) in [6, 6.07) is 6.09. The van der Waals surface area contributed by atoms with Crippen molar-refractivity contribution in [3.63, 3.8) is 0 Å². The lowest BCUT2D eigenvalue weighted by atomic mass is 10.1. The molecule has 128 valence electrons. The predicted molar refractivity (Wildman–Crippen MR) is 101 cm³/mol. The zero-order valence-electron chi connectivity index (χ0n) is 13.3. The zero-order chi connectivity index (χ0) is 15.8. The quantitative estimate of drug-likeness (QED) is 0.265. The number of aliphatic imine (C=N–C) groups is 1. The van der Waals surface area contributed by atoms with Crippen molar-refractivity contribution in [3.05, 3.63) is 35.6 Å². The maximum atomic E-state index is 13.0. The Morgan fingerprint density at radius 2 is 2.00 bits per heavy atom. The molecule has 0 atom stereocenters. The van der Waals surface area contributed by atoms with E-state index in [2.05, 4.69) is 20.9 Å². The lowest BCUT2D eigenvalue weighted by Gasteiger charge is -2.12. The fourth-order valence-corrected chi connectivity index (χ4v) is 2.06. The van der Waals surface area contributed by atoms with Gasteiger partial charge in [-0.05, 0) is 36.5 Å². The Bertz CT molecular complexity index is 535. The zero-order valence-corrected chi connectivity index (χ0v) is 15.6. The van der Waals surface area contributed by atoms with Crippen LogP contribution in [0.1, 0.15) is 18.4 Å². The third-order valence-corrected chi connectivity index (χ3v) is 3.47. The summed E-state index contributed by atoms with van der Waals surface area (Å²) in [6.45, 7) is 2.04. The normalized spacial score (nSPS) is 13.9. The number of carbonyl (C=O) groups is 1. The van der Waals surface area contributed by atoms with E-state index in [1.54, 1.807) is 19.2 Å². The molecular weight excluding hydrogens is 410 g/mol. The number of hydrogen-bond acceptors (Lipinski definition) is 2. The van der Waals surface area contributed by atoms with Crippen LogP contribution in [0.2, 0.25) is 0 Å². The highest BCUT2D eigenvalue weighted by Crippen LogP contribution is 2.27. The maximum absolute atomic E-state index is 13.0. The summed E-state index contributed by atoms with van der Waals surface area (Å²) in [5.74, 6) is 1.10. The number of guanidine groups is 1. The predicted octanol–water partition coefficient (Wildman–Crippen LogP) is 1.68. The smallest absolute Gasteiger partial charge is 0.224 e. The van der Waals surface area contributed by atoms with Gasteiger partial charge in [0.15, 0.2) is 5.96 Å². The topological polar surface area (TPSA) is 65.5 Å². The van der Waals surface area contributed by atoms with Gasteiger partial charge < -0.3 is 16.0 Å². The van der Waals surface area contributed by atoms with Crippen molar-refractivity contribution >= 4 is 35.8 Å². The summed E-state index contributed by atoms with van der Waals surface area (Å²) >= 11 is 0. The lowest BCUT2D eigenvalue weighted by molar-refractivity contribution is -0.120. The number of amides is 1. The van der Waals surface area contributed by atoms with E-state index in [0.717, 1.165) is 18.4 Å². The van der Waals surface area contributed by atoms with Gasteiger partial charge in [0, 0.05) is 26.7 Å². The Kier molecular flexibility index (Phi) is 8.90. The Labute approximate surface area is 153 Å². The fraction of sp³-hybridized carbons (Fsp3) is 0.500. The Morgan fingerprint density at radius 1 is 1.26 bits per heavy atom. The number of nitrogens with one attached hydrogen (secondary N) is 3. The summed E-state index contributed by atoms with van der Waals surface area (Å²) in [7, 11) is 1.73. The summed E-state index contributed by atoms with van der Waals surface area (Å²) in [5, 5.41) is 9.20. The van der Waals surface area contributed by atoms with Crippen molar-refractivity contribution in [2.45, 2.75) is 19.3 Å². The maximum Gasteiger partial charge on any atom is 0.224 e. The van der Waals surface area contributed by atoms with Crippen molar-refractivity contribution in [1.29, 1.82) is 0 Å². The van der Waals surface area contributed by atoms with Crippen LogP contribution in [-0.4, -0.2) is 38.5 Å². The SMILES string of the molecule is CN=C(NCCNC(=O)Cc1cccc(F)c1)NCC1CC1.I. The molecule has 3 N–H and O–H groups in total. The fourth-order valence-electron chi connectivity index (χ4n) is 2.06. The largest absolute Gasteiger partial charge is 0.356 e. The molecule has 0 aliphatic heterocycles. The van der Waals surface area contributed by atoms with Crippen LogP contribution in [0, 0.1) is 11.7 Å². The number of halogens is 2. The van der Waals surface area contributed by atoms with E-state index in [1.807, 2.05) is 0 Å². The molecule has 1 amide bonds. The average Bonchev–Trinajstić information content (AvgIpc) is 3.31. The van der Waals surface area contributed by atoms with Gasteiger partial charge in [-0.3, -0.25) is 9.79 Å². The molecule has 23 heavy (non-hydrogen) atoms. The lowest BCUT2D eigenvalue weighted by Crippen LogP contribution is -2.42. The molecule has 0 radical (unpaired) electrons. The number of hydrogen-bond donors (Lipinski definition) is 3. The molecule has 5 nitrogen and oxygen atoms in total. The first kappa shape index (κ1) is 19.7. The Morgan fingerprint density at radius 3 is 2.65 bits per heavy atom. The highest BCUT2D eigenvalue weighted by molar-refractivity contribution is 14.0. The van der Waals surface area contributed by atoms with Gasteiger partial charge in [0.1, 0.15) is 5.82 Å². The molecule has 0 unspecified atom stereocenters. The molecule has 1 aliphatic rings. The number of nitrogens with zero attached hydrogens (tertiary/aromatic N) is 1. The molecule has 7 heteroatoms. The molecule has 0 heterocycles. The third-order valence-electron chi connectivity index (χ3n) is 3.47. The van der Waals surface area contributed by atoms with Gasteiger partial charge in [-0.2, -0.15) is 0 Å². The Balaban J connectivity index is 0.00000264. The van der Waals surface area contributed by atoms with Crippen molar-refractivity contribution < 1.29 is 9.18 Å². The molecule has 2 rings (SSSR count). The monoisotopic (exact) mass is 434 g/mol. The summed E-state index contributed by atoms with van der Waals surface area (Å²) < 4.78 is 13.0. The second-order valence-corrected chi connectivity index (χ2v) is 5.48. The van der Waals surface area contributed by atoms with Gasteiger partial charge in [0.25, 0.3) is 0 Å². The molecule has 0 saturated heterocycles. The average molecular weight is 434 g/mol. The van der Waals surface area contributed by atoms with E-state index in [4.69, 9.17) is 0 Å². The molecule has 0 spiro atoms. The van der Waals surface area contributed by atoms with Gasteiger partial charge >= 0.3 is 0 Å². The van der Waals surface area contributed by atoms with Gasteiger partial charge in [0.2, 0.25) is 5.91 Å². The number of carbonyl (C=O) groups excluding carboxylic acids is 1. The molecular formula is C16H24FIN4O. The van der Waals surface area contributed by atoms with Crippen LogP contribution in [0.25, 0.3) is 0 Å². The van der Waals surface area contributed by atoms with Gasteiger partial charge in [0.05, 0.1) is 6.42 Å². The first-order chi connectivity index (χ1) is 10.7. The highest BCUT2D eigenvalue weighted by atomic mass is 127. The minimum absolute atomic E-state index is 0. The molecule has 1 aliphatic carbocycles. The van der Waals surface area contributed by atoms with Gasteiger partial charge in [-0.15, -0.1) is 24.0 Å². The molecule has 0 aromatic heterocycles. The van der Waals surface area contributed by atoms with Crippen molar-refractivity contribution in [2.24, 2.45) is 10.9 Å². The molecule has 1 saturated carbocycles. The summed E-state index contributed by atoms with van der Waals surface area (Å²) in [4.78, 5) is 15.9. The van der Waals surface area contributed by atoms with Crippen molar-refractivity contribution in [1.82, 2.24) is 16.0 Å². The number of rotatable bonds is 7. The van der Waals surface area contributed by atoms with E-state index < -0.39 is 0 Å². The van der Waals surface area contributed by atoms with Crippen LogP contribution in [0.4, 0.5) is 4.39 Å². The van der Waals surface area contributed by atoms with Gasteiger partial charge in [-0.1, -0.05) is 12.1 Å². The number of benzene rings is 1. The van der Waals surface area contributed by atoms with Crippen LogP contribution in [0.5, 0.6) is 0 Å². The van der Waals surface area contributed by atoms with Crippen LogP contribution in [0.15, 0.2) is 29.3 Å². The second kappa shape index (κ2) is 10.4. The van der Waals surface area contributed by atoms with E-state index in [-0.39, 0.29) is 42.1 Å². The van der Waals surface area contributed by atoms with Crippen LogP contribution in [0.3, 0.4) is 0 Å². The summed E-state index contributed by atoms with van der Waals surface area (Å²) in [6.07, 6.45) is 2.77. The first-order valence-electron chi connectivity index (χ1n) is 7.63. The minimum atomic E-state index is -0.322. The standard InChI is InChI=1S/C16H23FN4O.HI/c1-18-16(21-11-12-5-6-12)20-8-7-19-15(22)10-13-3-2-4-14(17)9-13;/h2-4,9,12H,5-8,10-11H2,1H3,(H,19,22)(H2,18,20,21);1H. The van der Waals surface area contributed by atoms with E-state index in [0.29, 0.717) is 18.7 Å². The molecule has 0 bridgehead atoms. The summed E-state index contributed by atoms with van der Waals surface area (Å²) in [5.41, 5.74) is 0.673.